The summed E-state index contributed by atoms with van der Waals surface area (Å²) in [5, 5.41) is 3.14. The van der Waals surface area contributed by atoms with Gasteiger partial charge in [-0.05, 0) is 13.0 Å². The Morgan fingerprint density at radius 1 is 0.520 bits per heavy atom. The molecule has 0 radical (unpaired) electrons. The maximum absolute atomic E-state index is 8.84. The van der Waals surface area contributed by atoms with Crippen LogP contribution in [-0.2, 0) is 0 Å². The molecule has 0 aromatic heterocycles. The zero-order chi connectivity index (χ0) is 18.6. The monoisotopic (exact) mass is 378 g/mol. The van der Waals surface area contributed by atoms with E-state index >= 15 is 0 Å². The van der Waals surface area contributed by atoms with E-state index < -0.39 is 7.94 Å². The lowest BCUT2D eigenvalue weighted by Gasteiger charge is -2.06. The Labute approximate surface area is 157 Å². The van der Waals surface area contributed by atoms with Crippen LogP contribution < -0.4 is 5.32 Å². The van der Waals surface area contributed by atoms with Crippen molar-refractivity contribution in [2.75, 3.05) is 19.3 Å². The number of nitrogens with one attached hydrogen (secondary N) is 1. The third kappa shape index (κ3) is 24.3. The normalized spacial score (nSPS) is 12.0. The lowest BCUT2D eigenvalue weighted by atomic mass is 10.0. The van der Waals surface area contributed by atoms with Crippen LogP contribution in [0, 0.1) is 0 Å². The molecule has 0 spiro atoms. The van der Waals surface area contributed by atoms with Crippen LogP contribution in [0.3, 0.4) is 0 Å². The zero-order valence-electron chi connectivity index (χ0n) is 16.7. The van der Waals surface area contributed by atoms with Crippen molar-refractivity contribution in [3.8, 4) is 0 Å². The maximum Gasteiger partial charge on any atom is 0.405 e. The van der Waals surface area contributed by atoms with Gasteiger partial charge in [-0.2, -0.15) is 14.7 Å². The highest BCUT2D eigenvalue weighted by Crippen LogP contribution is 2.43. The van der Waals surface area contributed by atoms with Crippen molar-refractivity contribution in [3.63, 3.8) is 0 Å². The average Bonchev–Trinajstić information content (AvgIpc) is 2.56. The summed E-state index contributed by atoms with van der Waals surface area (Å²) in [4.78, 5) is 26.5. The second kappa shape index (κ2) is 19.0. The van der Waals surface area contributed by atoms with Gasteiger partial charge in [0, 0.05) is 6.54 Å². The molecule has 0 heterocycles. The van der Waals surface area contributed by atoms with E-state index in [4.69, 9.17) is 14.7 Å². The fourth-order valence-corrected chi connectivity index (χ4v) is 3.61. The fourth-order valence-electron chi connectivity index (χ4n) is 3.15. The van der Waals surface area contributed by atoms with Gasteiger partial charge in [-0.3, -0.25) is 0 Å². The molecule has 0 aliphatic heterocycles. The van der Waals surface area contributed by atoms with Gasteiger partial charge in [0.25, 0.3) is 0 Å². The van der Waals surface area contributed by atoms with Gasteiger partial charge in [0.15, 0.2) is 6.16 Å². The summed E-state index contributed by atoms with van der Waals surface area (Å²) >= 11 is 0. The van der Waals surface area contributed by atoms with E-state index in [0.717, 1.165) is 13.0 Å². The predicted molar refractivity (Wildman–Crippen MR) is 111 cm³/mol. The highest BCUT2D eigenvalue weighted by atomic mass is 31.2. The molecule has 0 aromatic rings. The summed E-state index contributed by atoms with van der Waals surface area (Å²) < 4.78 is 0. The SMILES string of the molecule is CCCCCCCCCCCCCCCCCCNCC[P+](O)(O)O. The van der Waals surface area contributed by atoms with Crippen molar-refractivity contribution >= 4 is 7.94 Å². The average molecular weight is 379 g/mol. The molecule has 0 aromatic carbocycles. The highest BCUT2D eigenvalue weighted by molar-refractivity contribution is 7.58. The molecule has 0 rings (SSSR count). The van der Waals surface area contributed by atoms with Crippen molar-refractivity contribution in [3.05, 3.63) is 0 Å². The first-order valence-electron chi connectivity index (χ1n) is 10.8. The van der Waals surface area contributed by atoms with Crippen LogP contribution in [-0.4, -0.2) is 33.9 Å². The molecule has 0 amide bonds. The molecular weight excluding hydrogens is 333 g/mol. The van der Waals surface area contributed by atoms with Crippen LogP contribution in [0.1, 0.15) is 110 Å². The molecule has 152 valence electrons. The number of unbranched alkanes of at least 4 members (excludes halogenated alkanes) is 15. The van der Waals surface area contributed by atoms with E-state index in [0.29, 0.717) is 6.54 Å². The molecule has 0 atom stereocenters. The number of hydrogen-bond acceptors (Lipinski definition) is 4. The summed E-state index contributed by atoms with van der Waals surface area (Å²) in [5.41, 5.74) is 0. The Kier molecular flexibility index (Phi) is 19.2. The minimum Gasteiger partial charge on any atom is -0.313 e. The third-order valence-electron chi connectivity index (χ3n) is 4.80. The van der Waals surface area contributed by atoms with E-state index in [9.17, 15) is 0 Å². The quantitative estimate of drug-likeness (QED) is 0.165. The Balaban J connectivity index is 3.01. The minimum absolute atomic E-state index is 0.0614. The summed E-state index contributed by atoms with van der Waals surface area (Å²) in [6.07, 6.45) is 22.0. The van der Waals surface area contributed by atoms with Gasteiger partial charge in [0.05, 0.1) is 0 Å². The largest absolute Gasteiger partial charge is 0.405 e. The molecule has 0 unspecified atom stereocenters. The lowest BCUT2D eigenvalue weighted by Crippen LogP contribution is -2.20. The van der Waals surface area contributed by atoms with E-state index in [-0.39, 0.29) is 6.16 Å². The smallest absolute Gasteiger partial charge is 0.313 e. The Morgan fingerprint density at radius 2 is 0.880 bits per heavy atom. The first-order valence-corrected chi connectivity index (χ1v) is 12.7. The second-order valence-corrected chi connectivity index (χ2v) is 9.30. The number of rotatable bonds is 20. The molecular formula is C20H45NO3P+. The van der Waals surface area contributed by atoms with Crippen molar-refractivity contribution < 1.29 is 14.7 Å². The second-order valence-electron chi connectivity index (χ2n) is 7.47. The van der Waals surface area contributed by atoms with Gasteiger partial charge in [-0.15, -0.1) is 0 Å². The van der Waals surface area contributed by atoms with Gasteiger partial charge >= 0.3 is 7.94 Å². The molecule has 4 N–H and O–H groups in total. The van der Waals surface area contributed by atoms with Crippen LogP contribution in [0.25, 0.3) is 0 Å². The van der Waals surface area contributed by atoms with Gasteiger partial charge in [0.2, 0.25) is 0 Å². The zero-order valence-corrected chi connectivity index (χ0v) is 17.6. The Morgan fingerprint density at radius 3 is 1.24 bits per heavy atom. The molecule has 4 nitrogen and oxygen atoms in total. The van der Waals surface area contributed by atoms with E-state index in [1.165, 1.54) is 96.3 Å². The molecule has 0 fully saturated rings. The van der Waals surface area contributed by atoms with Crippen molar-refractivity contribution in [1.29, 1.82) is 0 Å². The first-order chi connectivity index (χ1) is 12.1. The minimum atomic E-state index is -3.57. The van der Waals surface area contributed by atoms with Crippen LogP contribution in [0.2, 0.25) is 0 Å². The van der Waals surface area contributed by atoms with E-state index in [1.807, 2.05) is 0 Å². The standard InChI is InChI=1S/C20H45NO3P/c1-2-3-4-5-6-7-8-9-10-11-12-13-14-15-16-17-18-21-19-20-25(22,23)24/h21-24H,2-20H2,1H3/q+1. The van der Waals surface area contributed by atoms with Crippen LogP contribution >= 0.6 is 7.94 Å². The van der Waals surface area contributed by atoms with Crippen LogP contribution in [0.5, 0.6) is 0 Å². The van der Waals surface area contributed by atoms with Crippen LogP contribution in [0.4, 0.5) is 0 Å². The number of hydrogen-bond donors (Lipinski definition) is 4. The third-order valence-corrected chi connectivity index (χ3v) is 5.62. The topological polar surface area (TPSA) is 72.7 Å². The van der Waals surface area contributed by atoms with Gasteiger partial charge < -0.3 is 5.32 Å². The highest BCUT2D eigenvalue weighted by Gasteiger charge is 2.27. The Bertz CT molecular complexity index is 260. The lowest BCUT2D eigenvalue weighted by molar-refractivity contribution is 0.329. The van der Waals surface area contributed by atoms with Crippen molar-refractivity contribution in [1.82, 2.24) is 5.32 Å². The molecule has 0 saturated heterocycles. The summed E-state index contributed by atoms with van der Waals surface area (Å²) in [7, 11) is -3.57. The van der Waals surface area contributed by atoms with Gasteiger partial charge in [-0.25, -0.2) is 0 Å². The van der Waals surface area contributed by atoms with Crippen molar-refractivity contribution in [2.24, 2.45) is 0 Å². The fraction of sp³-hybridized carbons (Fsp3) is 1.00. The maximum atomic E-state index is 8.84. The molecule has 0 saturated carbocycles. The van der Waals surface area contributed by atoms with Crippen molar-refractivity contribution in [2.45, 2.75) is 110 Å². The predicted octanol–water partition coefficient (Wildman–Crippen LogP) is 5.58. The molecule has 0 aliphatic carbocycles. The summed E-state index contributed by atoms with van der Waals surface area (Å²) in [5.74, 6) is 0. The van der Waals surface area contributed by atoms with E-state index in [1.54, 1.807) is 0 Å². The van der Waals surface area contributed by atoms with E-state index in [2.05, 4.69) is 12.2 Å². The van der Waals surface area contributed by atoms with Crippen LogP contribution in [0.15, 0.2) is 0 Å². The summed E-state index contributed by atoms with van der Waals surface area (Å²) in [6, 6.07) is 0. The first kappa shape index (κ1) is 25.3. The summed E-state index contributed by atoms with van der Waals surface area (Å²) in [6.45, 7) is 3.66. The molecule has 5 heteroatoms. The molecule has 0 bridgehead atoms. The molecule has 0 aliphatic rings. The van der Waals surface area contributed by atoms with Gasteiger partial charge in [-0.1, -0.05) is 103 Å². The molecule has 25 heavy (non-hydrogen) atoms. The van der Waals surface area contributed by atoms with Gasteiger partial charge in [0.1, 0.15) is 0 Å². The Hall–Kier alpha value is 0.270.